The van der Waals surface area contributed by atoms with E-state index in [0.29, 0.717) is 17.6 Å². The first kappa shape index (κ1) is 13.3. The van der Waals surface area contributed by atoms with Crippen LogP contribution in [-0.2, 0) is 11.3 Å². The molecule has 19 heavy (non-hydrogen) atoms. The number of H-pyrrole nitrogens is 1. The minimum atomic E-state index is -0.918. The van der Waals surface area contributed by atoms with Gasteiger partial charge in [-0.15, -0.1) is 0 Å². The number of nitrogens with zero attached hydrogens (tertiary/aromatic N) is 1. The highest BCUT2D eigenvalue weighted by Gasteiger charge is 2.17. The minimum Gasteiger partial charge on any atom is -0.408 e. The van der Waals surface area contributed by atoms with Gasteiger partial charge in [-0.3, -0.25) is 9.78 Å². The number of aliphatic hydroxyl groups excluding tert-OH is 1. The smallest absolute Gasteiger partial charge is 0.408 e. The molecule has 2 rings (SSSR count). The van der Waals surface area contributed by atoms with Crippen LogP contribution in [0.15, 0.2) is 27.4 Å². The van der Waals surface area contributed by atoms with Gasteiger partial charge in [0.05, 0.1) is 12.1 Å². The van der Waals surface area contributed by atoms with E-state index in [4.69, 9.17) is 15.3 Å². The van der Waals surface area contributed by atoms with Crippen molar-refractivity contribution in [2.75, 3.05) is 13.7 Å². The highest BCUT2D eigenvalue weighted by atomic mass is 16.4. The van der Waals surface area contributed by atoms with E-state index < -0.39 is 18.4 Å². The Kier molecular flexibility index (Phi) is 3.68. The van der Waals surface area contributed by atoms with Crippen LogP contribution < -0.4 is 11.5 Å². The average Bonchev–Trinajstić information content (AvgIpc) is 2.76. The molecule has 7 nitrogen and oxygen atoms in total. The zero-order valence-corrected chi connectivity index (χ0v) is 10.4. The Morgan fingerprint density at radius 2 is 2.32 bits per heavy atom. The second kappa shape index (κ2) is 5.25. The molecule has 0 bridgehead atoms. The number of oxazole rings is 1. The van der Waals surface area contributed by atoms with Crippen LogP contribution in [0.1, 0.15) is 5.56 Å². The van der Waals surface area contributed by atoms with Crippen LogP contribution in [0.2, 0.25) is 0 Å². The minimum absolute atomic E-state index is 0.317. The van der Waals surface area contributed by atoms with Crippen molar-refractivity contribution in [1.82, 2.24) is 9.88 Å². The molecule has 1 unspecified atom stereocenters. The lowest BCUT2D eigenvalue weighted by atomic mass is 10.2. The average molecular weight is 265 g/mol. The Bertz CT molecular complexity index is 646. The van der Waals surface area contributed by atoms with E-state index in [0.717, 1.165) is 5.56 Å². The van der Waals surface area contributed by atoms with Crippen LogP contribution in [0, 0.1) is 0 Å². The van der Waals surface area contributed by atoms with E-state index in [-0.39, 0.29) is 5.91 Å². The van der Waals surface area contributed by atoms with Crippen LogP contribution in [0.5, 0.6) is 0 Å². The second-order valence-electron chi connectivity index (χ2n) is 4.33. The lowest BCUT2D eigenvalue weighted by Gasteiger charge is -2.20. The van der Waals surface area contributed by atoms with E-state index in [2.05, 4.69) is 4.98 Å². The number of benzene rings is 1. The molecular weight excluding hydrogens is 250 g/mol. The van der Waals surface area contributed by atoms with E-state index in [1.807, 2.05) is 0 Å². The molecule has 0 radical (unpaired) electrons. The number of hydrogen-bond acceptors (Lipinski definition) is 5. The lowest BCUT2D eigenvalue weighted by Crippen LogP contribution is -2.43. The molecule has 7 heteroatoms. The van der Waals surface area contributed by atoms with Gasteiger partial charge in [0.15, 0.2) is 5.58 Å². The molecule has 0 aliphatic heterocycles. The monoisotopic (exact) mass is 265 g/mol. The molecule has 0 saturated carbocycles. The molecule has 0 aliphatic carbocycles. The normalized spacial score (nSPS) is 12.6. The standard InChI is InChI=1S/C12H15N3O4/c1-15(11(17)8(13)6-16)5-7-2-3-9-10(4-7)19-12(18)14-9/h2-4,8,16H,5-6,13H2,1H3,(H,14,18). The molecular formula is C12H15N3O4. The van der Waals surface area contributed by atoms with Crippen molar-refractivity contribution in [2.45, 2.75) is 12.6 Å². The Morgan fingerprint density at radius 3 is 3.00 bits per heavy atom. The summed E-state index contributed by atoms with van der Waals surface area (Å²) in [7, 11) is 1.59. The third-order valence-electron chi connectivity index (χ3n) is 2.80. The van der Waals surface area contributed by atoms with Crippen molar-refractivity contribution in [2.24, 2.45) is 5.73 Å². The maximum absolute atomic E-state index is 11.7. The zero-order chi connectivity index (χ0) is 14.0. The fraction of sp³-hybridized carbons (Fsp3) is 0.333. The van der Waals surface area contributed by atoms with Gasteiger partial charge in [0.25, 0.3) is 0 Å². The molecule has 0 fully saturated rings. The maximum atomic E-state index is 11.7. The fourth-order valence-corrected chi connectivity index (χ4v) is 1.80. The predicted molar refractivity (Wildman–Crippen MR) is 68.4 cm³/mol. The van der Waals surface area contributed by atoms with Gasteiger partial charge in [-0.05, 0) is 17.7 Å². The number of rotatable bonds is 4. The summed E-state index contributed by atoms with van der Waals surface area (Å²) in [6, 6.07) is 4.25. The number of aliphatic hydroxyl groups is 1. The summed E-state index contributed by atoms with van der Waals surface area (Å²) in [5.74, 6) is -0.864. The number of carbonyl (C=O) groups excluding carboxylic acids is 1. The number of carbonyl (C=O) groups is 1. The molecule has 4 N–H and O–H groups in total. The molecule has 2 aromatic rings. The predicted octanol–water partition coefficient (Wildman–Crippen LogP) is -0.601. The van der Waals surface area contributed by atoms with Gasteiger partial charge < -0.3 is 20.2 Å². The summed E-state index contributed by atoms with van der Waals surface area (Å²) in [6.45, 7) is -0.0771. The summed E-state index contributed by atoms with van der Waals surface area (Å²) in [4.78, 5) is 26.7. The number of nitrogens with two attached hydrogens (primary N) is 1. The van der Waals surface area contributed by atoms with Gasteiger partial charge in [-0.2, -0.15) is 0 Å². The van der Waals surface area contributed by atoms with Crippen LogP contribution in [0.4, 0.5) is 0 Å². The van der Waals surface area contributed by atoms with Gasteiger partial charge in [0.1, 0.15) is 6.04 Å². The number of nitrogens with one attached hydrogen (secondary N) is 1. The Morgan fingerprint density at radius 1 is 1.58 bits per heavy atom. The molecule has 1 aromatic heterocycles. The molecule has 1 atom stereocenters. The SMILES string of the molecule is CN(Cc1ccc2[nH]c(=O)oc2c1)C(=O)C(N)CO. The molecule has 1 heterocycles. The van der Waals surface area contributed by atoms with Crippen molar-refractivity contribution in [1.29, 1.82) is 0 Å². The zero-order valence-electron chi connectivity index (χ0n) is 10.4. The molecule has 102 valence electrons. The summed E-state index contributed by atoms with van der Waals surface area (Å²) < 4.78 is 4.94. The van der Waals surface area contributed by atoms with Crippen LogP contribution in [-0.4, -0.2) is 40.6 Å². The molecule has 0 spiro atoms. The first-order chi connectivity index (χ1) is 9.01. The number of fused-ring (bicyclic) bond motifs is 1. The maximum Gasteiger partial charge on any atom is 0.417 e. The molecule has 0 aliphatic rings. The van der Waals surface area contributed by atoms with Gasteiger partial charge >= 0.3 is 5.76 Å². The molecule has 1 amide bonds. The van der Waals surface area contributed by atoms with E-state index >= 15 is 0 Å². The Hall–Kier alpha value is -2.12. The number of hydrogen-bond donors (Lipinski definition) is 3. The van der Waals surface area contributed by atoms with Crippen LogP contribution in [0.3, 0.4) is 0 Å². The number of aromatic nitrogens is 1. The van der Waals surface area contributed by atoms with Gasteiger partial charge in [-0.25, -0.2) is 4.79 Å². The quantitative estimate of drug-likeness (QED) is 0.683. The number of aromatic amines is 1. The van der Waals surface area contributed by atoms with Crippen molar-refractivity contribution < 1.29 is 14.3 Å². The highest BCUT2D eigenvalue weighted by molar-refractivity contribution is 5.81. The van der Waals surface area contributed by atoms with E-state index in [1.54, 1.807) is 25.2 Å². The van der Waals surface area contributed by atoms with Crippen LogP contribution >= 0.6 is 0 Å². The van der Waals surface area contributed by atoms with Crippen LogP contribution in [0.25, 0.3) is 11.1 Å². The van der Waals surface area contributed by atoms with Crippen molar-refractivity contribution in [3.8, 4) is 0 Å². The molecule has 0 saturated heterocycles. The number of amides is 1. The highest BCUT2D eigenvalue weighted by Crippen LogP contribution is 2.13. The van der Waals surface area contributed by atoms with Crippen molar-refractivity contribution >= 4 is 17.0 Å². The van der Waals surface area contributed by atoms with Gasteiger partial charge in [-0.1, -0.05) is 6.07 Å². The summed E-state index contributed by atoms with van der Waals surface area (Å²) in [6.07, 6.45) is 0. The Labute approximate surface area is 108 Å². The van der Waals surface area contributed by atoms with E-state index in [1.165, 1.54) is 4.90 Å². The molecule has 1 aromatic carbocycles. The van der Waals surface area contributed by atoms with Crippen molar-refractivity contribution in [3.05, 3.63) is 34.3 Å². The second-order valence-corrected chi connectivity index (χ2v) is 4.33. The summed E-state index contributed by atoms with van der Waals surface area (Å²) in [5.41, 5.74) is 7.31. The third kappa shape index (κ3) is 2.83. The Balaban J connectivity index is 2.16. The lowest BCUT2D eigenvalue weighted by molar-refractivity contribution is -0.132. The summed E-state index contributed by atoms with van der Waals surface area (Å²) in [5, 5.41) is 8.84. The van der Waals surface area contributed by atoms with Crippen molar-refractivity contribution in [3.63, 3.8) is 0 Å². The van der Waals surface area contributed by atoms with Gasteiger partial charge in [0.2, 0.25) is 5.91 Å². The van der Waals surface area contributed by atoms with Gasteiger partial charge in [0, 0.05) is 13.6 Å². The fourth-order valence-electron chi connectivity index (χ4n) is 1.80. The first-order valence-corrected chi connectivity index (χ1v) is 5.74. The topological polar surface area (TPSA) is 113 Å². The largest absolute Gasteiger partial charge is 0.417 e. The number of likely N-dealkylation sites (N-methyl/N-ethyl adjacent to an activating group) is 1. The third-order valence-corrected chi connectivity index (χ3v) is 2.80. The first-order valence-electron chi connectivity index (χ1n) is 5.74. The summed E-state index contributed by atoms with van der Waals surface area (Å²) >= 11 is 0. The van der Waals surface area contributed by atoms with E-state index in [9.17, 15) is 9.59 Å².